The van der Waals surface area contributed by atoms with E-state index in [1.807, 2.05) is 30.3 Å². The summed E-state index contributed by atoms with van der Waals surface area (Å²) in [4.78, 5) is 12.8. The molecule has 0 radical (unpaired) electrons. The van der Waals surface area contributed by atoms with Crippen molar-refractivity contribution in [1.29, 1.82) is 0 Å². The van der Waals surface area contributed by atoms with Gasteiger partial charge in [0, 0.05) is 25.4 Å². The van der Waals surface area contributed by atoms with Crippen LogP contribution in [0.25, 0.3) is 0 Å². The highest BCUT2D eigenvalue weighted by Crippen LogP contribution is 2.32. The molecule has 1 aliphatic heterocycles. The maximum absolute atomic E-state index is 13.1. The van der Waals surface area contributed by atoms with Crippen molar-refractivity contribution in [2.45, 2.75) is 30.7 Å². The Kier molecular flexibility index (Phi) is 6.85. The van der Waals surface area contributed by atoms with Crippen LogP contribution in [-0.4, -0.2) is 41.5 Å². The van der Waals surface area contributed by atoms with Gasteiger partial charge < -0.3 is 5.32 Å². The Morgan fingerprint density at radius 1 is 1.00 bits per heavy atom. The van der Waals surface area contributed by atoms with Crippen LogP contribution in [-0.2, 0) is 16.6 Å². The van der Waals surface area contributed by atoms with Gasteiger partial charge in [-0.3, -0.25) is 9.48 Å². The number of nitrogens with zero attached hydrogens (tertiary/aromatic N) is 3. The van der Waals surface area contributed by atoms with Gasteiger partial charge in [0.1, 0.15) is 4.90 Å². The van der Waals surface area contributed by atoms with Crippen molar-refractivity contribution in [1.82, 2.24) is 14.1 Å². The fourth-order valence-electron chi connectivity index (χ4n) is 3.62. The highest BCUT2D eigenvalue weighted by atomic mass is 35.5. The number of sulfonamides is 1. The van der Waals surface area contributed by atoms with E-state index in [0.717, 1.165) is 24.8 Å². The normalized spacial score (nSPS) is 14.9. The molecule has 168 valence electrons. The molecule has 0 atom stereocenters. The minimum absolute atomic E-state index is 0.00994. The highest BCUT2D eigenvalue weighted by Gasteiger charge is 2.30. The second kappa shape index (κ2) is 9.62. The summed E-state index contributed by atoms with van der Waals surface area (Å²) in [6, 6.07) is 14.0. The van der Waals surface area contributed by atoms with Crippen molar-refractivity contribution < 1.29 is 13.2 Å². The standard InChI is InChI=1S/C22H22Cl2N4O3S/c23-18-14-19(24)20(32(30,31)28-10-5-2-6-11-28)13-17(18)22(29)25-21-9-12-27(26-21)15-16-7-3-1-4-8-16/h1,3-4,7-9,12-14H,2,5-6,10-11,15H2,(H,25,26,29). The number of halogens is 2. The van der Waals surface area contributed by atoms with Gasteiger partial charge in [-0.05, 0) is 30.5 Å². The second-order valence-corrected chi connectivity index (χ2v) is 10.3. The van der Waals surface area contributed by atoms with Gasteiger partial charge in [-0.15, -0.1) is 0 Å². The lowest BCUT2D eigenvalue weighted by Gasteiger charge is -2.26. The predicted octanol–water partition coefficient (Wildman–Crippen LogP) is 4.67. The Bertz CT molecular complexity index is 1220. The third-order valence-corrected chi connectivity index (χ3v) is 7.94. The lowest BCUT2D eigenvalue weighted by Crippen LogP contribution is -2.35. The molecule has 1 aliphatic rings. The molecular formula is C22H22Cl2N4O3S. The molecule has 2 aromatic carbocycles. The lowest BCUT2D eigenvalue weighted by molar-refractivity contribution is 0.102. The van der Waals surface area contributed by atoms with Gasteiger partial charge in [0.25, 0.3) is 5.91 Å². The molecule has 10 heteroatoms. The molecule has 0 bridgehead atoms. The number of aromatic nitrogens is 2. The van der Waals surface area contributed by atoms with Crippen LogP contribution in [0.5, 0.6) is 0 Å². The number of piperidine rings is 1. The number of rotatable bonds is 6. The second-order valence-electron chi connectivity index (χ2n) is 7.57. The molecule has 4 rings (SSSR count). The molecule has 0 aliphatic carbocycles. The molecule has 7 nitrogen and oxygen atoms in total. The van der Waals surface area contributed by atoms with Crippen LogP contribution in [0, 0.1) is 0 Å². The zero-order chi connectivity index (χ0) is 22.7. The number of hydrogen-bond acceptors (Lipinski definition) is 4. The SMILES string of the molecule is O=C(Nc1ccn(Cc2ccccc2)n1)c1cc(S(=O)(=O)N2CCCCC2)c(Cl)cc1Cl. The van der Waals surface area contributed by atoms with Crippen LogP contribution < -0.4 is 5.32 Å². The minimum atomic E-state index is -3.83. The summed E-state index contributed by atoms with van der Waals surface area (Å²) in [5.41, 5.74) is 1.09. The predicted molar refractivity (Wildman–Crippen MR) is 125 cm³/mol. The number of anilines is 1. The van der Waals surface area contributed by atoms with E-state index >= 15 is 0 Å². The first kappa shape index (κ1) is 22.8. The highest BCUT2D eigenvalue weighted by molar-refractivity contribution is 7.89. The van der Waals surface area contributed by atoms with E-state index < -0.39 is 15.9 Å². The zero-order valence-corrected chi connectivity index (χ0v) is 19.5. The summed E-state index contributed by atoms with van der Waals surface area (Å²) >= 11 is 12.4. The van der Waals surface area contributed by atoms with Gasteiger partial charge in [0.2, 0.25) is 10.0 Å². The molecule has 1 saturated heterocycles. The van der Waals surface area contributed by atoms with Gasteiger partial charge in [-0.25, -0.2) is 8.42 Å². The summed E-state index contributed by atoms with van der Waals surface area (Å²) in [5.74, 6) is -0.232. The maximum atomic E-state index is 13.1. The van der Waals surface area contributed by atoms with E-state index in [2.05, 4.69) is 10.4 Å². The molecule has 0 saturated carbocycles. The molecular weight excluding hydrogens is 471 g/mol. The minimum Gasteiger partial charge on any atom is -0.305 e. The fourth-order valence-corrected chi connectivity index (χ4v) is 5.97. The fraction of sp³-hybridized carbons (Fsp3) is 0.273. The molecule has 0 unspecified atom stereocenters. The van der Waals surface area contributed by atoms with Crippen LogP contribution in [0.15, 0.2) is 59.6 Å². The maximum Gasteiger partial charge on any atom is 0.258 e. The topological polar surface area (TPSA) is 84.3 Å². The molecule has 32 heavy (non-hydrogen) atoms. The average molecular weight is 493 g/mol. The van der Waals surface area contributed by atoms with E-state index in [1.54, 1.807) is 16.9 Å². The number of carbonyl (C=O) groups is 1. The van der Waals surface area contributed by atoms with Crippen LogP contribution in [0.1, 0.15) is 35.2 Å². The van der Waals surface area contributed by atoms with Crippen molar-refractivity contribution in [2.24, 2.45) is 0 Å². The molecule has 3 aromatic rings. The van der Waals surface area contributed by atoms with E-state index in [0.29, 0.717) is 25.5 Å². The number of benzene rings is 2. The Balaban J connectivity index is 1.54. The average Bonchev–Trinajstić information content (AvgIpc) is 3.21. The van der Waals surface area contributed by atoms with Gasteiger partial charge in [-0.1, -0.05) is 60.0 Å². The molecule has 0 spiro atoms. The van der Waals surface area contributed by atoms with Crippen LogP contribution in [0.3, 0.4) is 0 Å². The Morgan fingerprint density at radius 2 is 1.72 bits per heavy atom. The van der Waals surface area contributed by atoms with E-state index in [4.69, 9.17) is 23.2 Å². The van der Waals surface area contributed by atoms with E-state index in [-0.39, 0.29) is 20.5 Å². The van der Waals surface area contributed by atoms with Gasteiger partial charge in [0.15, 0.2) is 5.82 Å². The number of carbonyl (C=O) groups excluding carboxylic acids is 1. The first-order valence-electron chi connectivity index (χ1n) is 10.2. The summed E-state index contributed by atoms with van der Waals surface area (Å²) in [7, 11) is -3.83. The van der Waals surface area contributed by atoms with E-state index in [9.17, 15) is 13.2 Å². The zero-order valence-electron chi connectivity index (χ0n) is 17.2. The monoisotopic (exact) mass is 492 g/mol. The third kappa shape index (κ3) is 4.99. The van der Waals surface area contributed by atoms with E-state index in [1.165, 1.54) is 16.4 Å². The number of hydrogen-bond donors (Lipinski definition) is 1. The van der Waals surface area contributed by atoms with Crippen molar-refractivity contribution in [3.63, 3.8) is 0 Å². The molecule has 2 heterocycles. The number of nitrogens with one attached hydrogen (secondary N) is 1. The summed E-state index contributed by atoms with van der Waals surface area (Å²) in [5, 5.41) is 7.08. The van der Waals surface area contributed by atoms with Gasteiger partial charge in [0.05, 0.1) is 22.2 Å². The van der Waals surface area contributed by atoms with Crippen molar-refractivity contribution >= 4 is 45.0 Å². The Labute approximate surface area is 197 Å². The van der Waals surface area contributed by atoms with Crippen molar-refractivity contribution in [3.8, 4) is 0 Å². The van der Waals surface area contributed by atoms with Crippen molar-refractivity contribution in [3.05, 3.63) is 75.9 Å². The summed E-state index contributed by atoms with van der Waals surface area (Å²) < 4.78 is 29.3. The Morgan fingerprint density at radius 3 is 2.44 bits per heavy atom. The van der Waals surface area contributed by atoms with Crippen molar-refractivity contribution in [2.75, 3.05) is 18.4 Å². The largest absolute Gasteiger partial charge is 0.305 e. The number of amides is 1. The summed E-state index contributed by atoms with van der Waals surface area (Å²) in [6.07, 6.45) is 4.33. The molecule has 1 amide bonds. The first-order chi connectivity index (χ1) is 15.3. The molecule has 1 aromatic heterocycles. The quantitative estimate of drug-likeness (QED) is 0.541. The molecule has 1 fully saturated rings. The Hall–Kier alpha value is -2.39. The lowest BCUT2D eigenvalue weighted by atomic mass is 10.2. The van der Waals surface area contributed by atoms with Gasteiger partial charge in [-0.2, -0.15) is 9.40 Å². The first-order valence-corrected chi connectivity index (χ1v) is 12.4. The van der Waals surface area contributed by atoms with Crippen LogP contribution >= 0.6 is 23.2 Å². The molecule has 1 N–H and O–H groups in total. The van der Waals surface area contributed by atoms with Crippen LogP contribution in [0.2, 0.25) is 10.0 Å². The summed E-state index contributed by atoms with van der Waals surface area (Å²) in [6.45, 7) is 1.42. The smallest absolute Gasteiger partial charge is 0.258 e. The van der Waals surface area contributed by atoms with Gasteiger partial charge >= 0.3 is 0 Å². The third-order valence-electron chi connectivity index (χ3n) is 5.27. The van der Waals surface area contributed by atoms with Crippen LogP contribution in [0.4, 0.5) is 5.82 Å².